The molecule has 0 spiro atoms. The molecule has 1 aromatic rings. The van der Waals surface area contributed by atoms with Gasteiger partial charge in [0.05, 0.1) is 0 Å². The van der Waals surface area contributed by atoms with Crippen LogP contribution in [0.25, 0.3) is 0 Å². The van der Waals surface area contributed by atoms with Crippen molar-refractivity contribution in [3.05, 3.63) is 47.1 Å². The molecule has 0 saturated heterocycles. The number of rotatable bonds is 6. The van der Waals surface area contributed by atoms with E-state index in [0.29, 0.717) is 0 Å². The van der Waals surface area contributed by atoms with Crippen LogP contribution >= 0.6 is 11.6 Å². The topological polar surface area (TPSA) is 12.4 Å². The highest BCUT2D eigenvalue weighted by molar-refractivity contribution is 6.30. The summed E-state index contributed by atoms with van der Waals surface area (Å²) in [6, 6.07) is 8.19. The minimum Gasteiger partial charge on any atom is -0.266 e. The van der Waals surface area contributed by atoms with E-state index in [1.54, 1.807) is 0 Å². The Morgan fingerprint density at radius 2 is 1.78 bits per heavy atom. The van der Waals surface area contributed by atoms with Crippen molar-refractivity contribution in [3.63, 3.8) is 0 Å². The summed E-state index contributed by atoms with van der Waals surface area (Å²) in [5.74, 6) is 0. The summed E-state index contributed by atoms with van der Waals surface area (Å²) < 4.78 is 0. The molecule has 0 aliphatic carbocycles. The molecule has 1 heterocycles. The van der Waals surface area contributed by atoms with Crippen LogP contribution in [0.2, 0.25) is 5.02 Å². The van der Waals surface area contributed by atoms with Crippen molar-refractivity contribution in [2.24, 2.45) is 4.99 Å². The monoisotopic (exact) mass is 261 g/mol. The quantitative estimate of drug-likeness (QED) is 0.625. The van der Waals surface area contributed by atoms with E-state index in [0.717, 1.165) is 17.9 Å². The summed E-state index contributed by atoms with van der Waals surface area (Å²) in [7, 11) is 0. The fourth-order valence-electron chi connectivity index (χ4n) is 2.22. The minimum atomic E-state index is 0.821. The molecule has 0 aromatic heterocycles. The van der Waals surface area contributed by atoms with Gasteiger partial charge >= 0.3 is 0 Å². The van der Waals surface area contributed by atoms with Crippen LogP contribution in [-0.2, 0) is 6.42 Å². The molecule has 2 heteroatoms. The molecule has 96 valence electrons. The number of hydrogen-bond acceptors (Lipinski definition) is 1. The third-order valence-corrected chi connectivity index (χ3v) is 3.56. The summed E-state index contributed by atoms with van der Waals surface area (Å²) in [4.78, 5) is 4.42. The predicted molar refractivity (Wildman–Crippen MR) is 79.4 cm³/mol. The maximum atomic E-state index is 5.86. The van der Waals surface area contributed by atoms with Gasteiger partial charge in [0.1, 0.15) is 0 Å². The van der Waals surface area contributed by atoms with Gasteiger partial charge in [-0.2, -0.15) is 0 Å². The Bertz CT molecular complexity index is 417. The highest BCUT2D eigenvalue weighted by Crippen LogP contribution is 2.14. The Balaban J connectivity index is 1.60. The van der Waals surface area contributed by atoms with E-state index in [2.05, 4.69) is 23.2 Å². The second-order valence-corrected chi connectivity index (χ2v) is 5.24. The average Bonchev–Trinajstić information content (AvgIpc) is 2.42. The van der Waals surface area contributed by atoms with E-state index >= 15 is 0 Å². The highest BCUT2D eigenvalue weighted by atomic mass is 35.5. The number of aliphatic imine (C=N–C) groups is 1. The van der Waals surface area contributed by atoms with Crippen LogP contribution in [0.1, 0.15) is 44.1 Å². The first-order valence-corrected chi connectivity index (χ1v) is 7.17. The molecule has 0 amide bonds. The highest BCUT2D eigenvalue weighted by Gasteiger charge is 2.01. The molecule has 0 radical (unpaired) electrons. The Hall–Kier alpha value is -1.08. The van der Waals surface area contributed by atoms with Gasteiger partial charge in [0, 0.05) is 16.9 Å². The number of aryl methyl sites for hydroxylation is 1. The van der Waals surface area contributed by atoms with E-state index in [9.17, 15) is 0 Å². The molecule has 0 fully saturated rings. The largest absolute Gasteiger partial charge is 0.266 e. The fraction of sp³-hybridized carbons (Fsp3) is 0.438. The molecule has 1 aromatic carbocycles. The van der Waals surface area contributed by atoms with Crippen molar-refractivity contribution in [1.29, 1.82) is 0 Å². The maximum Gasteiger partial charge on any atom is 0.0406 e. The number of unbranched alkanes of at least 4 members (excludes halogenated alkanes) is 2. The Morgan fingerprint density at radius 3 is 2.50 bits per heavy atom. The van der Waals surface area contributed by atoms with E-state index in [4.69, 9.17) is 11.6 Å². The lowest BCUT2D eigenvalue weighted by atomic mass is 10.0. The van der Waals surface area contributed by atoms with Gasteiger partial charge in [-0.1, -0.05) is 36.2 Å². The second kappa shape index (κ2) is 7.38. The fourth-order valence-corrected chi connectivity index (χ4v) is 2.35. The van der Waals surface area contributed by atoms with Crippen molar-refractivity contribution in [2.45, 2.75) is 44.9 Å². The van der Waals surface area contributed by atoms with Gasteiger partial charge < -0.3 is 0 Å². The second-order valence-electron chi connectivity index (χ2n) is 4.81. The molecular weight excluding hydrogens is 242 g/mol. The summed E-state index contributed by atoms with van der Waals surface area (Å²) in [6.45, 7) is 0. The van der Waals surface area contributed by atoms with Gasteiger partial charge in [0.15, 0.2) is 0 Å². The molecule has 1 aliphatic heterocycles. The Morgan fingerprint density at radius 1 is 1.00 bits per heavy atom. The van der Waals surface area contributed by atoms with Crippen LogP contribution in [-0.4, -0.2) is 5.71 Å². The van der Waals surface area contributed by atoms with Gasteiger partial charge in [-0.25, -0.2) is 0 Å². The summed E-state index contributed by atoms with van der Waals surface area (Å²) >= 11 is 5.86. The number of halogens is 1. The maximum absolute atomic E-state index is 5.86. The molecule has 0 unspecified atom stereocenters. The van der Waals surface area contributed by atoms with Crippen LogP contribution in [0.3, 0.4) is 0 Å². The Kier molecular flexibility index (Phi) is 5.47. The molecule has 1 nitrogen and oxygen atoms in total. The van der Waals surface area contributed by atoms with Crippen LogP contribution in [0.15, 0.2) is 41.5 Å². The predicted octanol–water partition coefficient (Wildman–Crippen LogP) is 5.19. The van der Waals surface area contributed by atoms with E-state index in [1.807, 2.05) is 18.3 Å². The van der Waals surface area contributed by atoms with E-state index in [-0.39, 0.29) is 0 Å². The normalized spacial score (nSPS) is 14.6. The smallest absolute Gasteiger partial charge is 0.0406 e. The molecular formula is C16H20ClN. The van der Waals surface area contributed by atoms with Gasteiger partial charge in [0.2, 0.25) is 0 Å². The first kappa shape index (κ1) is 13.4. The lowest BCUT2D eigenvalue weighted by Crippen LogP contribution is -2.00. The summed E-state index contributed by atoms with van der Waals surface area (Å²) in [5, 5.41) is 0.821. The van der Waals surface area contributed by atoms with Crippen LogP contribution < -0.4 is 0 Å². The molecule has 0 atom stereocenters. The molecule has 0 N–H and O–H groups in total. The third kappa shape index (κ3) is 4.66. The first-order valence-electron chi connectivity index (χ1n) is 6.79. The van der Waals surface area contributed by atoms with Crippen molar-refractivity contribution >= 4 is 17.3 Å². The SMILES string of the molecule is Clc1ccc(CCCCCC2=NC=CCC2)cc1. The number of hydrogen-bond donors (Lipinski definition) is 0. The van der Waals surface area contributed by atoms with Crippen LogP contribution in [0.4, 0.5) is 0 Å². The number of benzene rings is 1. The van der Waals surface area contributed by atoms with Gasteiger partial charge in [-0.15, -0.1) is 0 Å². The molecule has 1 aliphatic rings. The summed E-state index contributed by atoms with van der Waals surface area (Å²) in [5.41, 5.74) is 2.77. The third-order valence-electron chi connectivity index (χ3n) is 3.31. The molecule has 0 saturated carbocycles. The zero-order valence-corrected chi connectivity index (χ0v) is 11.5. The number of allylic oxidation sites excluding steroid dienone is 1. The zero-order valence-electron chi connectivity index (χ0n) is 10.7. The average molecular weight is 262 g/mol. The number of nitrogens with zero attached hydrogens (tertiary/aromatic N) is 1. The van der Waals surface area contributed by atoms with Crippen molar-refractivity contribution in [2.75, 3.05) is 0 Å². The first-order chi connectivity index (χ1) is 8.84. The summed E-state index contributed by atoms with van der Waals surface area (Å²) in [6.07, 6.45) is 12.6. The van der Waals surface area contributed by atoms with Crippen LogP contribution in [0.5, 0.6) is 0 Å². The Labute approximate surface area is 115 Å². The molecule has 0 bridgehead atoms. The molecule has 18 heavy (non-hydrogen) atoms. The lowest BCUT2D eigenvalue weighted by molar-refractivity contribution is 0.692. The minimum absolute atomic E-state index is 0.821. The van der Waals surface area contributed by atoms with E-state index < -0.39 is 0 Å². The zero-order chi connectivity index (χ0) is 12.6. The lowest BCUT2D eigenvalue weighted by Gasteiger charge is -2.07. The van der Waals surface area contributed by atoms with Gasteiger partial charge in [0.25, 0.3) is 0 Å². The van der Waals surface area contributed by atoms with Crippen molar-refractivity contribution < 1.29 is 0 Å². The van der Waals surface area contributed by atoms with Crippen molar-refractivity contribution in [1.82, 2.24) is 0 Å². The van der Waals surface area contributed by atoms with Gasteiger partial charge in [-0.3, -0.25) is 4.99 Å². The standard InChI is InChI=1S/C16H20ClN/c17-15-11-9-14(10-12-15)6-2-1-3-7-16-8-4-5-13-18-16/h5,9-13H,1-4,6-8H2. The molecule has 2 rings (SSSR count). The van der Waals surface area contributed by atoms with E-state index in [1.165, 1.54) is 43.4 Å². The van der Waals surface area contributed by atoms with Gasteiger partial charge in [-0.05, 0) is 56.2 Å². The van der Waals surface area contributed by atoms with Crippen LogP contribution in [0, 0.1) is 0 Å². The van der Waals surface area contributed by atoms with Crippen molar-refractivity contribution in [3.8, 4) is 0 Å².